The van der Waals surface area contributed by atoms with Crippen LogP contribution in [0.2, 0.25) is 0 Å². The third-order valence-electron chi connectivity index (χ3n) is 8.14. The summed E-state index contributed by atoms with van der Waals surface area (Å²) in [6.07, 6.45) is 4.90. The smallest absolute Gasteiger partial charge is 0.271 e. The fourth-order valence-electron chi connectivity index (χ4n) is 5.67. The number of furan rings is 1. The van der Waals surface area contributed by atoms with Gasteiger partial charge in [0.2, 0.25) is 5.91 Å². The Kier molecular flexibility index (Phi) is 6.11. The average molecular weight is 478 g/mol. The van der Waals surface area contributed by atoms with Gasteiger partial charge in [0.25, 0.3) is 5.91 Å². The number of rotatable bonds is 6. The largest absolute Gasteiger partial charge is 0.494 e. The van der Waals surface area contributed by atoms with E-state index in [9.17, 15) is 9.59 Å². The second-order valence-electron chi connectivity index (χ2n) is 10.4. The molecule has 3 aromatic rings. The van der Waals surface area contributed by atoms with Crippen molar-refractivity contribution in [1.82, 2.24) is 14.8 Å². The molecule has 2 amide bonds. The molecular weight excluding hydrogens is 442 g/mol. The minimum Gasteiger partial charge on any atom is -0.494 e. The summed E-state index contributed by atoms with van der Waals surface area (Å²) < 4.78 is 13.1. The molecule has 0 bridgehead atoms. The van der Waals surface area contributed by atoms with Crippen molar-refractivity contribution < 1.29 is 18.7 Å². The Hall–Kier alpha value is -3.22. The molecule has 1 aliphatic heterocycles. The molecule has 1 saturated carbocycles. The van der Waals surface area contributed by atoms with Crippen LogP contribution in [-0.4, -0.2) is 39.5 Å². The molecular formula is C28H35N3O4. The van der Waals surface area contributed by atoms with Crippen LogP contribution in [0.1, 0.15) is 63.0 Å². The number of hydrogen-bond acceptors (Lipinski definition) is 4. The lowest BCUT2D eigenvalue weighted by Gasteiger charge is -2.45. The number of carbonyl (C=O) groups excluding carboxylic acids is 2. The zero-order valence-corrected chi connectivity index (χ0v) is 21.0. The van der Waals surface area contributed by atoms with Gasteiger partial charge >= 0.3 is 0 Å². The third-order valence-corrected chi connectivity index (χ3v) is 8.14. The maximum Gasteiger partial charge on any atom is 0.271 e. The topological polar surface area (TPSA) is 76.7 Å². The molecule has 3 heterocycles. The first-order chi connectivity index (χ1) is 16.8. The molecule has 0 spiro atoms. The van der Waals surface area contributed by atoms with Gasteiger partial charge in [-0.05, 0) is 49.8 Å². The third kappa shape index (κ3) is 4.11. The predicted molar refractivity (Wildman–Crippen MR) is 134 cm³/mol. The molecule has 4 atom stereocenters. The summed E-state index contributed by atoms with van der Waals surface area (Å²) in [6, 6.07) is 11.5. The Morgan fingerprint density at radius 1 is 1.20 bits per heavy atom. The van der Waals surface area contributed by atoms with Crippen molar-refractivity contribution in [2.45, 2.75) is 71.6 Å². The molecule has 7 heteroatoms. The lowest BCUT2D eigenvalue weighted by molar-refractivity contribution is -0.134. The van der Waals surface area contributed by atoms with E-state index in [1.807, 2.05) is 48.7 Å². The molecule has 186 valence electrons. The number of ether oxygens (including phenoxy) is 1. The molecule has 5 rings (SSSR count). The lowest BCUT2D eigenvalue weighted by atomic mass is 9.77. The molecule has 0 saturated heterocycles. The molecule has 1 fully saturated rings. The fraction of sp³-hybridized carbons (Fsp3) is 0.500. The average Bonchev–Trinajstić information content (AvgIpc) is 3.43. The van der Waals surface area contributed by atoms with Crippen molar-refractivity contribution in [3.05, 3.63) is 53.9 Å². The minimum absolute atomic E-state index is 0.0984. The standard InChI is InChI=1S/C28H35N3O4/c1-5-34-21-11-9-20(10-12-21)16-31-26(32)24-15-25-23(13-14-35-25)30(24)17-28(31,4)27(33)29-22-8-6-7-18(2)19(22)3/h9-15,18-19,22H,5-8,16-17H2,1-4H3,(H,29,33)/t18-,19-,22-,28-/m1/s1. The minimum atomic E-state index is -1.05. The van der Waals surface area contributed by atoms with Gasteiger partial charge in [-0.1, -0.05) is 38.8 Å². The first-order valence-electron chi connectivity index (χ1n) is 12.7. The Balaban J connectivity index is 1.49. The van der Waals surface area contributed by atoms with Crippen molar-refractivity contribution in [2.75, 3.05) is 6.61 Å². The molecule has 7 nitrogen and oxygen atoms in total. The highest BCUT2D eigenvalue weighted by Crippen LogP contribution is 2.35. The number of aromatic nitrogens is 1. The van der Waals surface area contributed by atoms with E-state index in [0.717, 1.165) is 29.7 Å². The Bertz CT molecular complexity index is 1230. The molecule has 2 aliphatic rings. The number of hydrogen-bond donors (Lipinski definition) is 1. The van der Waals surface area contributed by atoms with Crippen LogP contribution in [0.15, 0.2) is 47.1 Å². The van der Waals surface area contributed by atoms with Crippen molar-refractivity contribution in [3.8, 4) is 5.75 Å². The molecule has 1 N–H and O–H groups in total. The normalized spacial score (nSPS) is 26.6. The maximum atomic E-state index is 14.0. The molecule has 35 heavy (non-hydrogen) atoms. The molecule has 1 aliphatic carbocycles. The first kappa shape index (κ1) is 23.5. The van der Waals surface area contributed by atoms with E-state index in [2.05, 4.69) is 19.2 Å². The number of benzene rings is 1. The van der Waals surface area contributed by atoms with Gasteiger partial charge in [0.1, 0.15) is 17.0 Å². The summed E-state index contributed by atoms with van der Waals surface area (Å²) in [4.78, 5) is 29.5. The van der Waals surface area contributed by atoms with E-state index in [0.29, 0.717) is 42.8 Å². The number of amides is 2. The van der Waals surface area contributed by atoms with E-state index in [4.69, 9.17) is 9.15 Å². The Labute approximate surface area is 206 Å². The van der Waals surface area contributed by atoms with Crippen LogP contribution in [0.4, 0.5) is 0 Å². The summed E-state index contributed by atoms with van der Waals surface area (Å²) in [5.74, 6) is 1.49. The van der Waals surface area contributed by atoms with Crippen LogP contribution in [0.3, 0.4) is 0 Å². The second-order valence-corrected chi connectivity index (χ2v) is 10.4. The number of nitrogens with one attached hydrogen (secondary N) is 1. The molecule has 2 aromatic heterocycles. The predicted octanol–water partition coefficient (Wildman–Crippen LogP) is 4.99. The fourth-order valence-corrected chi connectivity index (χ4v) is 5.67. The van der Waals surface area contributed by atoms with Crippen molar-refractivity contribution >= 4 is 22.9 Å². The van der Waals surface area contributed by atoms with Gasteiger partial charge in [-0.15, -0.1) is 0 Å². The quantitative estimate of drug-likeness (QED) is 0.543. The van der Waals surface area contributed by atoms with Gasteiger partial charge in [-0.2, -0.15) is 0 Å². The highest BCUT2D eigenvalue weighted by atomic mass is 16.5. The van der Waals surface area contributed by atoms with E-state index in [-0.39, 0.29) is 17.9 Å². The highest BCUT2D eigenvalue weighted by Gasteiger charge is 2.48. The van der Waals surface area contributed by atoms with Crippen LogP contribution in [0.5, 0.6) is 5.75 Å². The van der Waals surface area contributed by atoms with Crippen LogP contribution in [0, 0.1) is 11.8 Å². The zero-order valence-electron chi connectivity index (χ0n) is 21.0. The monoisotopic (exact) mass is 477 g/mol. The van der Waals surface area contributed by atoms with E-state index in [1.54, 1.807) is 17.2 Å². The van der Waals surface area contributed by atoms with Crippen molar-refractivity contribution in [1.29, 1.82) is 0 Å². The van der Waals surface area contributed by atoms with Crippen LogP contribution >= 0.6 is 0 Å². The lowest BCUT2D eigenvalue weighted by Crippen LogP contribution is -2.65. The van der Waals surface area contributed by atoms with Gasteiger partial charge in [0, 0.05) is 24.7 Å². The van der Waals surface area contributed by atoms with E-state index < -0.39 is 5.54 Å². The second kappa shape index (κ2) is 9.10. The number of fused-ring (bicyclic) bond motifs is 3. The van der Waals surface area contributed by atoms with Gasteiger partial charge in [-0.25, -0.2) is 0 Å². The Morgan fingerprint density at radius 3 is 2.71 bits per heavy atom. The summed E-state index contributed by atoms with van der Waals surface area (Å²) >= 11 is 0. The van der Waals surface area contributed by atoms with Gasteiger partial charge in [-0.3, -0.25) is 9.59 Å². The Morgan fingerprint density at radius 2 is 1.97 bits per heavy atom. The van der Waals surface area contributed by atoms with E-state index in [1.165, 1.54) is 6.42 Å². The summed E-state index contributed by atoms with van der Waals surface area (Å²) in [7, 11) is 0. The number of nitrogens with zero attached hydrogens (tertiary/aromatic N) is 2. The van der Waals surface area contributed by atoms with Gasteiger partial charge in [0.15, 0.2) is 5.58 Å². The summed E-state index contributed by atoms with van der Waals surface area (Å²) in [6.45, 7) is 9.62. The highest BCUT2D eigenvalue weighted by molar-refractivity contribution is 6.02. The first-order valence-corrected chi connectivity index (χ1v) is 12.7. The van der Waals surface area contributed by atoms with Crippen molar-refractivity contribution in [2.24, 2.45) is 11.8 Å². The molecule has 0 radical (unpaired) electrons. The summed E-state index contributed by atoms with van der Waals surface area (Å²) in [5.41, 5.74) is 1.95. The van der Waals surface area contributed by atoms with Crippen LogP contribution in [-0.2, 0) is 17.9 Å². The van der Waals surface area contributed by atoms with Gasteiger partial charge < -0.3 is 23.9 Å². The zero-order chi connectivity index (χ0) is 24.7. The van der Waals surface area contributed by atoms with Crippen molar-refractivity contribution in [3.63, 3.8) is 0 Å². The molecule has 1 aromatic carbocycles. The summed E-state index contributed by atoms with van der Waals surface area (Å²) in [5, 5.41) is 3.35. The van der Waals surface area contributed by atoms with Crippen LogP contribution < -0.4 is 10.1 Å². The van der Waals surface area contributed by atoms with Gasteiger partial charge in [0.05, 0.1) is 24.9 Å². The van der Waals surface area contributed by atoms with E-state index >= 15 is 0 Å². The molecule has 0 unspecified atom stereocenters. The number of carbonyl (C=O) groups is 2. The van der Waals surface area contributed by atoms with Crippen LogP contribution in [0.25, 0.3) is 11.1 Å². The SMILES string of the molecule is CCOc1ccc(CN2C(=O)c3cc4occc4n3C[C@]2(C)C(=O)N[C@@H]2CCC[C@@H](C)[C@H]2C)cc1. The maximum absolute atomic E-state index is 14.0.